The van der Waals surface area contributed by atoms with Gasteiger partial charge >= 0.3 is 0 Å². The Morgan fingerprint density at radius 1 is 0.958 bits per heavy atom. The second-order valence-corrected chi connectivity index (χ2v) is 5.57. The molecule has 1 amide bonds. The van der Waals surface area contributed by atoms with Crippen LogP contribution in [0, 0.1) is 20.8 Å². The molecule has 1 aromatic carbocycles. The Labute approximate surface area is 139 Å². The van der Waals surface area contributed by atoms with Gasteiger partial charge in [-0.1, -0.05) is 11.2 Å². The van der Waals surface area contributed by atoms with Crippen LogP contribution in [-0.2, 0) is 0 Å². The first-order valence-corrected chi connectivity index (χ1v) is 7.41. The molecule has 2 N–H and O–H groups in total. The van der Waals surface area contributed by atoms with Crippen molar-refractivity contribution in [3.8, 4) is 0 Å². The molecule has 0 saturated heterocycles. The Morgan fingerprint density at radius 3 is 2.38 bits per heavy atom. The van der Waals surface area contributed by atoms with Gasteiger partial charge in [0.2, 0.25) is 0 Å². The van der Waals surface area contributed by atoms with Gasteiger partial charge in [0.05, 0.1) is 0 Å². The summed E-state index contributed by atoms with van der Waals surface area (Å²) >= 11 is 0. The second kappa shape index (κ2) is 6.49. The molecule has 0 saturated carbocycles. The maximum atomic E-state index is 12.4. The minimum absolute atomic E-state index is 0.256. The zero-order chi connectivity index (χ0) is 17.1. The summed E-state index contributed by atoms with van der Waals surface area (Å²) in [5.74, 6) is 1.36. The smallest absolute Gasteiger partial charge is 0.274 e. The number of hydrogen-bond acceptors (Lipinski definition) is 6. The van der Waals surface area contributed by atoms with Gasteiger partial charge in [0, 0.05) is 17.8 Å². The lowest BCUT2D eigenvalue weighted by molar-refractivity contribution is 0.102. The predicted molar refractivity (Wildman–Crippen MR) is 90.4 cm³/mol. The number of carbonyl (C=O) groups is 1. The minimum atomic E-state index is -0.304. The van der Waals surface area contributed by atoms with E-state index in [4.69, 9.17) is 4.52 Å². The molecule has 3 rings (SSSR count). The summed E-state index contributed by atoms with van der Waals surface area (Å²) in [6.45, 7) is 5.76. The van der Waals surface area contributed by atoms with E-state index >= 15 is 0 Å². The molecule has 0 fully saturated rings. The largest absolute Gasteiger partial charge is 0.360 e. The van der Waals surface area contributed by atoms with Crippen molar-refractivity contribution in [1.29, 1.82) is 0 Å². The first-order chi connectivity index (χ1) is 11.5. The van der Waals surface area contributed by atoms with Crippen molar-refractivity contribution >= 4 is 23.2 Å². The highest BCUT2D eigenvalue weighted by Gasteiger charge is 2.11. The summed E-state index contributed by atoms with van der Waals surface area (Å²) < 4.78 is 4.98. The topological polar surface area (TPSA) is 92.9 Å². The van der Waals surface area contributed by atoms with Crippen LogP contribution < -0.4 is 10.6 Å². The Morgan fingerprint density at radius 2 is 1.71 bits per heavy atom. The van der Waals surface area contributed by atoms with E-state index in [9.17, 15) is 4.79 Å². The first-order valence-electron chi connectivity index (χ1n) is 7.41. The number of nitrogens with one attached hydrogen (secondary N) is 2. The number of rotatable bonds is 4. The van der Waals surface area contributed by atoms with Gasteiger partial charge in [0.1, 0.15) is 23.6 Å². The molecule has 7 nitrogen and oxygen atoms in total. The molecule has 0 atom stereocenters. The summed E-state index contributed by atoms with van der Waals surface area (Å²) in [6, 6.07) is 9.15. The highest BCUT2D eigenvalue weighted by atomic mass is 16.5. The number of benzene rings is 1. The van der Waals surface area contributed by atoms with Crippen LogP contribution in [0.25, 0.3) is 0 Å². The van der Waals surface area contributed by atoms with Gasteiger partial charge < -0.3 is 15.2 Å². The Kier molecular flexibility index (Phi) is 4.24. The molecular formula is C17H17N5O2. The van der Waals surface area contributed by atoms with Crippen molar-refractivity contribution in [2.45, 2.75) is 20.8 Å². The van der Waals surface area contributed by atoms with Gasteiger partial charge in [-0.2, -0.15) is 0 Å². The molecule has 0 unspecified atom stereocenters. The van der Waals surface area contributed by atoms with Gasteiger partial charge in [-0.25, -0.2) is 9.97 Å². The minimum Gasteiger partial charge on any atom is -0.360 e. The fourth-order valence-electron chi connectivity index (χ4n) is 2.35. The standard InChI is InChI=1S/C17H17N5O2/c1-10-4-11(2)6-13(5-10)20-17(23)14-8-15(19-9-18-14)21-16-7-12(3)24-22-16/h4-9H,1-3H3,(H,20,23)(H,18,19,21,22). The van der Waals surface area contributed by atoms with Crippen molar-refractivity contribution in [2.75, 3.05) is 10.6 Å². The lowest BCUT2D eigenvalue weighted by atomic mass is 10.1. The van der Waals surface area contributed by atoms with Crippen LogP contribution >= 0.6 is 0 Å². The average Bonchev–Trinajstić information content (AvgIpc) is 2.91. The highest BCUT2D eigenvalue weighted by molar-refractivity contribution is 6.03. The number of aromatic nitrogens is 3. The summed E-state index contributed by atoms with van der Waals surface area (Å²) in [7, 11) is 0. The maximum Gasteiger partial charge on any atom is 0.274 e. The van der Waals surface area contributed by atoms with Crippen LogP contribution in [0.3, 0.4) is 0 Å². The van der Waals surface area contributed by atoms with Crippen LogP contribution in [0.1, 0.15) is 27.4 Å². The summed E-state index contributed by atoms with van der Waals surface area (Å²) in [6.07, 6.45) is 1.33. The fourth-order valence-corrected chi connectivity index (χ4v) is 2.35. The van der Waals surface area contributed by atoms with Crippen LogP contribution in [0.5, 0.6) is 0 Å². The SMILES string of the molecule is Cc1cc(C)cc(NC(=O)c2cc(Nc3cc(C)on3)ncn2)c1. The molecule has 0 spiro atoms. The number of nitrogens with zero attached hydrogens (tertiary/aromatic N) is 3. The van der Waals surface area contributed by atoms with Crippen LogP contribution in [0.15, 0.2) is 41.2 Å². The maximum absolute atomic E-state index is 12.4. The number of amides is 1. The summed E-state index contributed by atoms with van der Waals surface area (Å²) in [5, 5.41) is 9.64. The second-order valence-electron chi connectivity index (χ2n) is 5.57. The third-order valence-corrected chi connectivity index (χ3v) is 3.26. The quantitative estimate of drug-likeness (QED) is 0.764. The fraction of sp³-hybridized carbons (Fsp3) is 0.176. The molecule has 0 aliphatic carbocycles. The van der Waals surface area contributed by atoms with Gasteiger partial charge in [0.25, 0.3) is 5.91 Å². The molecule has 3 aromatic rings. The highest BCUT2D eigenvalue weighted by Crippen LogP contribution is 2.17. The van der Waals surface area contributed by atoms with Crippen molar-refractivity contribution in [3.63, 3.8) is 0 Å². The number of hydrogen-bond donors (Lipinski definition) is 2. The van der Waals surface area contributed by atoms with Gasteiger partial charge in [-0.15, -0.1) is 0 Å². The van der Waals surface area contributed by atoms with Crippen molar-refractivity contribution in [2.24, 2.45) is 0 Å². The molecular weight excluding hydrogens is 306 g/mol. The molecule has 0 aliphatic heterocycles. The predicted octanol–water partition coefficient (Wildman–Crippen LogP) is 3.39. The Balaban J connectivity index is 1.76. The molecule has 0 radical (unpaired) electrons. The van der Waals surface area contributed by atoms with Crippen LogP contribution in [-0.4, -0.2) is 21.0 Å². The first kappa shape index (κ1) is 15.7. The zero-order valence-corrected chi connectivity index (χ0v) is 13.6. The number of anilines is 3. The van der Waals surface area contributed by atoms with E-state index in [1.165, 1.54) is 6.33 Å². The van der Waals surface area contributed by atoms with Gasteiger partial charge in [-0.05, 0) is 44.0 Å². The zero-order valence-electron chi connectivity index (χ0n) is 13.6. The molecule has 24 heavy (non-hydrogen) atoms. The van der Waals surface area contributed by atoms with E-state index in [0.29, 0.717) is 17.4 Å². The molecule has 0 bridgehead atoms. The summed E-state index contributed by atoms with van der Waals surface area (Å²) in [5.41, 5.74) is 3.15. The van der Waals surface area contributed by atoms with E-state index in [0.717, 1.165) is 16.8 Å². The van der Waals surface area contributed by atoms with E-state index < -0.39 is 0 Å². The number of aryl methyl sites for hydroxylation is 3. The Hall–Kier alpha value is -3.22. The van der Waals surface area contributed by atoms with E-state index in [-0.39, 0.29) is 11.6 Å². The van der Waals surface area contributed by atoms with Gasteiger partial charge in [-0.3, -0.25) is 4.79 Å². The number of carbonyl (C=O) groups excluding carboxylic acids is 1. The molecule has 7 heteroatoms. The lowest BCUT2D eigenvalue weighted by Gasteiger charge is -2.08. The van der Waals surface area contributed by atoms with E-state index in [1.807, 2.05) is 32.0 Å². The lowest BCUT2D eigenvalue weighted by Crippen LogP contribution is -2.14. The Bertz CT molecular complexity index is 868. The molecule has 122 valence electrons. The van der Waals surface area contributed by atoms with Crippen LogP contribution in [0.2, 0.25) is 0 Å². The van der Waals surface area contributed by atoms with Crippen molar-refractivity contribution in [1.82, 2.24) is 15.1 Å². The summed E-state index contributed by atoms with van der Waals surface area (Å²) in [4.78, 5) is 20.5. The van der Waals surface area contributed by atoms with Crippen molar-refractivity contribution < 1.29 is 9.32 Å². The third kappa shape index (κ3) is 3.75. The molecule has 2 heterocycles. The van der Waals surface area contributed by atoms with Gasteiger partial charge in [0.15, 0.2) is 5.82 Å². The van der Waals surface area contributed by atoms with E-state index in [2.05, 4.69) is 25.8 Å². The van der Waals surface area contributed by atoms with Crippen LogP contribution in [0.4, 0.5) is 17.3 Å². The molecule has 2 aromatic heterocycles. The van der Waals surface area contributed by atoms with E-state index in [1.54, 1.807) is 19.1 Å². The monoisotopic (exact) mass is 323 g/mol. The average molecular weight is 323 g/mol. The third-order valence-electron chi connectivity index (χ3n) is 3.26. The normalized spacial score (nSPS) is 10.5. The van der Waals surface area contributed by atoms with Crippen molar-refractivity contribution in [3.05, 3.63) is 59.2 Å². The molecule has 0 aliphatic rings.